The van der Waals surface area contributed by atoms with Crippen LogP contribution in [0.3, 0.4) is 0 Å². The van der Waals surface area contributed by atoms with Crippen LogP contribution in [0.25, 0.3) is 22.6 Å². The number of anilines is 1. The molecule has 8 nitrogen and oxygen atoms in total. The standard InChI is InChI=1S/C29H19F4N3O5/c30-21-14-18(27-35-23-12-17(13-25(37)38)5-10-24(23)41-27)6-9-22(21)34-26(39)20-2-1-11-36(28(20)40)15-16-3-7-19(8-4-16)29(31,32)33/h1-12,14H,13,15H2,(H,34,39)(H,37,38). The first-order chi connectivity index (χ1) is 19.5. The lowest BCUT2D eigenvalue weighted by Crippen LogP contribution is -2.29. The van der Waals surface area contributed by atoms with Crippen molar-refractivity contribution in [2.45, 2.75) is 19.1 Å². The van der Waals surface area contributed by atoms with E-state index in [-0.39, 0.29) is 35.7 Å². The van der Waals surface area contributed by atoms with Gasteiger partial charge in [-0.3, -0.25) is 14.4 Å². The molecule has 0 bridgehead atoms. The Balaban J connectivity index is 1.32. The summed E-state index contributed by atoms with van der Waals surface area (Å²) in [5, 5.41) is 11.3. The van der Waals surface area contributed by atoms with Crippen molar-refractivity contribution in [3.8, 4) is 11.5 Å². The first-order valence-corrected chi connectivity index (χ1v) is 12.1. The minimum atomic E-state index is -4.49. The zero-order valence-electron chi connectivity index (χ0n) is 20.9. The molecule has 5 aromatic rings. The fourth-order valence-electron chi connectivity index (χ4n) is 4.15. The molecule has 0 fully saturated rings. The summed E-state index contributed by atoms with van der Waals surface area (Å²) in [6.45, 7) is -0.0799. The number of aliphatic carboxylic acids is 1. The van der Waals surface area contributed by atoms with Gasteiger partial charge in [0.05, 0.1) is 24.2 Å². The molecule has 0 unspecified atom stereocenters. The Labute approximate surface area is 228 Å². The number of carboxylic acid groups (broad SMARTS) is 1. The Kier molecular flexibility index (Phi) is 7.14. The fraction of sp³-hybridized carbons (Fsp3) is 0.103. The summed E-state index contributed by atoms with van der Waals surface area (Å²) in [7, 11) is 0. The Morgan fingerprint density at radius 3 is 2.39 bits per heavy atom. The minimum absolute atomic E-state index is 0.0799. The number of halogens is 4. The van der Waals surface area contributed by atoms with Crippen molar-refractivity contribution in [2.24, 2.45) is 0 Å². The largest absolute Gasteiger partial charge is 0.481 e. The van der Waals surface area contributed by atoms with Gasteiger partial charge < -0.3 is 19.4 Å². The number of rotatable bonds is 7. The van der Waals surface area contributed by atoms with E-state index in [0.29, 0.717) is 22.2 Å². The first-order valence-electron chi connectivity index (χ1n) is 12.1. The second kappa shape index (κ2) is 10.7. The molecule has 0 saturated carbocycles. The Bertz CT molecular complexity index is 1840. The molecule has 2 heterocycles. The zero-order chi connectivity index (χ0) is 29.3. The molecule has 3 aromatic carbocycles. The van der Waals surface area contributed by atoms with Crippen LogP contribution in [0.5, 0.6) is 0 Å². The van der Waals surface area contributed by atoms with E-state index in [1.165, 1.54) is 42.6 Å². The van der Waals surface area contributed by atoms with E-state index in [0.717, 1.165) is 22.8 Å². The van der Waals surface area contributed by atoms with Gasteiger partial charge in [0.25, 0.3) is 11.5 Å². The van der Waals surface area contributed by atoms with Crippen molar-refractivity contribution in [2.75, 3.05) is 5.32 Å². The number of amides is 1. The Morgan fingerprint density at radius 1 is 0.976 bits per heavy atom. The maximum absolute atomic E-state index is 14.9. The van der Waals surface area contributed by atoms with E-state index in [1.807, 2.05) is 0 Å². The number of nitrogens with one attached hydrogen (secondary N) is 1. The van der Waals surface area contributed by atoms with E-state index >= 15 is 0 Å². The summed E-state index contributed by atoms with van der Waals surface area (Å²) in [6, 6.07) is 15.5. The highest BCUT2D eigenvalue weighted by atomic mass is 19.4. The number of alkyl halides is 3. The van der Waals surface area contributed by atoms with Crippen LogP contribution in [0.1, 0.15) is 27.0 Å². The highest BCUT2D eigenvalue weighted by molar-refractivity contribution is 6.04. The van der Waals surface area contributed by atoms with Crippen molar-refractivity contribution in [3.05, 3.63) is 117 Å². The number of aromatic nitrogens is 2. The first kappa shape index (κ1) is 27.3. The predicted molar refractivity (Wildman–Crippen MR) is 140 cm³/mol. The molecule has 0 aliphatic heterocycles. The van der Waals surface area contributed by atoms with E-state index in [4.69, 9.17) is 9.52 Å². The molecule has 0 aliphatic rings. The van der Waals surface area contributed by atoms with E-state index < -0.39 is 35.0 Å². The molecule has 2 N–H and O–H groups in total. The van der Waals surface area contributed by atoms with Crippen LogP contribution in [-0.4, -0.2) is 26.5 Å². The molecule has 0 atom stereocenters. The summed E-state index contributed by atoms with van der Waals surface area (Å²) in [5.74, 6) is -2.62. The molecule has 0 saturated heterocycles. The van der Waals surface area contributed by atoms with Crippen molar-refractivity contribution in [3.63, 3.8) is 0 Å². The summed E-state index contributed by atoms with van der Waals surface area (Å²) < 4.78 is 60.2. The molecule has 0 spiro atoms. The number of fused-ring (bicyclic) bond motifs is 1. The Morgan fingerprint density at radius 2 is 1.71 bits per heavy atom. The number of carboxylic acids is 1. The smallest absolute Gasteiger partial charge is 0.416 e. The minimum Gasteiger partial charge on any atom is -0.481 e. The highest BCUT2D eigenvalue weighted by Crippen LogP contribution is 2.30. The third kappa shape index (κ3) is 6.01. The number of hydrogen-bond donors (Lipinski definition) is 2. The lowest BCUT2D eigenvalue weighted by Gasteiger charge is -2.11. The number of pyridine rings is 1. The van der Waals surface area contributed by atoms with Gasteiger partial charge in [-0.2, -0.15) is 13.2 Å². The van der Waals surface area contributed by atoms with E-state index in [9.17, 15) is 31.9 Å². The average Bonchev–Trinajstić information content (AvgIpc) is 3.34. The van der Waals surface area contributed by atoms with Crippen LogP contribution >= 0.6 is 0 Å². The fourth-order valence-corrected chi connectivity index (χ4v) is 4.15. The molecule has 2 aromatic heterocycles. The van der Waals surface area contributed by atoms with Crippen LogP contribution < -0.4 is 10.9 Å². The third-order valence-electron chi connectivity index (χ3n) is 6.17. The summed E-state index contributed by atoms with van der Waals surface area (Å²) in [5.41, 5.74) is -0.0709. The number of nitrogens with zero attached hydrogens (tertiary/aromatic N) is 2. The van der Waals surface area contributed by atoms with Crippen LogP contribution in [0.15, 0.2) is 88.2 Å². The molecule has 0 aliphatic carbocycles. The normalized spacial score (nSPS) is 11.5. The average molecular weight is 565 g/mol. The van der Waals surface area contributed by atoms with Crippen molar-refractivity contribution >= 4 is 28.7 Å². The Hall–Kier alpha value is -5.26. The van der Waals surface area contributed by atoms with Crippen LogP contribution in [0.2, 0.25) is 0 Å². The zero-order valence-corrected chi connectivity index (χ0v) is 20.9. The van der Waals surface area contributed by atoms with Gasteiger partial charge in [0.2, 0.25) is 5.89 Å². The number of oxazole rings is 1. The molecular formula is C29H19F4N3O5. The molecule has 12 heteroatoms. The number of benzene rings is 3. The van der Waals surface area contributed by atoms with Crippen LogP contribution in [-0.2, 0) is 23.9 Å². The molecule has 208 valence electrons. The number of carbonyl (C=O) groups is 2. The van der Waals surface area contributed by atoms with Crippen LogP contribution in [0, 0.1) is 5.82 Å². The lowest BCUT2D eigenvalue weighted by atomic mass is 10.1. The second-order valence-electron chi connectivity index (χ2n) is 9.09. The lowest BCUT2D eigenvalue weighted by molar-refractivity contribution is -0.138. The molecule has 5 rings (SSSR count). The van der Waals surface area contributed by atoms with E-state index in [1.54, 1.807) is 18.2 Å². The maximum Gasteiger partial charge on any atom is 0.416 e. The van der Waals surface area contributed by atoms with Gasteiger partial charge >= 0.3 is 12.1 Å². The van der Waals surface area contributed by atoms with Gasteiger partial charge in [0.15, 0.2) is 5.58 Å². The predicted octanol–water partition coefficient (Wildman–Crippen LogP) is 5.74. The van der Waals surface area contributed by atoms with Crippen molar-refractivity contribution < 1.29 is 36.7 Å². The summed E-state index contributed by atoms with van der Waals surface area (Å²) in [4.78, 5) is 41.0. The highest BCUT2D eigenvalue weighted by Gasteiger charge is 2.30. The van der Waals surface area contributed by atoms with Gasteiger partial charge in [0.1, 0.15) is 16.9 Å². The second-order valence-corrected chi connectivity index (χ2v) is 9.09. The topological polar surface area (TPSA) is 114 Å². The molecule has 1 amide bonds. The van der Waals surface area contributed by atoms with Gasteiger partial charge in [-0.1, -0.05) is 18.2 Å². The summed E-state index contributed by atoms with van der Waals surface area (Å²) in [6.07, 6.45) is -3.30. The number of hydrogen-bond acceptors (Lipinski definition) is 5. The van der Waals surface area contributed by atoms with Gasteiger partial charge in [0, 0.05) is 11.8 Å². The summed E-state index contributed by atoms with van der Waals surface area (Å²) >= 11 is 0. The van der Waals surface area contributed by atoms with Gasteiger partial charge in [-0.25, -0.2) is 9.37 Å². The molecular weight excluding hydrogens is 546 g/mol. The quantitative estimate of drug-likeness (QED) is 0.243. The van der Waals surface area contributed by atoms with E-state index in [2.05, 4.69) is 10.3 Å². The monoisotopic (exact) mass is 565 g/mol. The number of carbonyl (C=O) groups excluding carboxylic acids is 1. The third-order valence-corrected chi connectivity index (χ3v) is 6.17. The van der Waals surface area contributed by atoms with Gasteiger partial charge in [-0.05, 0) is 65.7 Å². The molecule has 0 radical (unpaired) electrons. The maximum atomic E-state index is 14.9. The van der Waals surface area contributed by atoms with Crippen molar-refractivity contribution in [1.82, 2.24) is 9.55 Å². The van der Waals surface area contributed by atoms with Crippen molar-refractivity contribution in [1.29, 1.82) is 0 Å². The molecule has 41 heavy (non-hydrogen) atoms. The van der Waals surface area contributed by atoms with Crippen LogP contribution in [0.4, 0.5) is 23.2 Å². The van der Waals surface area contributed by atoms with Gasteiger partial charge in [-0.15, -0.1) is 0 Å². The SMILES string of the molecule is O=C(O)Cc1ccc2oc(-c3ccc(NC(=O)c4cccn(Cc5ccc(C(F)(F)F)cc5)c4=O)c(F)c3)nc2c1.